The molecule has 0 bridgehead atoms. The molecule has 0 aromatic heterocycles. The number of hydrogen-bond donors (Lipinski definition) is 3. The molecular weight excluding hydrogens is 284 g/mol. The molecule has 1 aromatic rings. The molecule has 116 valence electrons. The van der Waals surface area contributed by atoms with Crippen LogP contribution in [0.3, 0.4) is 0 Å². The highest BCUT2D eigenvalue weighted by Crippen LogP contribution is 2.35. The first-order chi connectivity index (χ1) is 10.5. The van der Waals surface area contributed by atoms with Crippen molar-refractivity contribution in [2.24, 2.45) is 11.8 Å². The SMILES string of the molecule is O=C1CCCc2cc(NC(=O)C3CCC3C(=O)O)ccc2N1. The molecule has 0 spiro atoms. The molecule has 1 heterocycles. The van der Waals surface area contributed by atoms with Crippen LogP contribution in [0.2, 0.25) is 0 Å². The fraction of sp³-hybridized carbons (Fsp3) is 0.438. The number of carbonyl (C=O) groups is 3. The zero-order valence-electron chi connectivity index (χ0n) is 12.1. The molecule has 2 amide bonds. The summed E-state index contributed by atoms with van der Waals surface area (Å²) in [7, 11) is 0. The zero-order chi connectivity index (χ0) is 15.7. The Bertz CT molecular complexity index is 641. The van der Waals surface area contributed by atoms with Crippen LogP contribution in [0, 0.1) is 11.8 Å². The van der Waals surface area contributed by atoms with Gasteiger partial charge in [-0.25, -0.2) is 0 Å². The van der Waals surface area contributed by atoms with Crippen molar-refractivity contribution < 1.29 is 19.5 Å². The third-order valence-electron chi connectivity index (χ3n) is 4.43. The summed E-state index contributed by atoms with van der Waals surface area (Å²) in [5.74, 6) is -2.15. The predicted octanol–water partition coefficient (Wildman–Crippen LogP) is 2.01. The minimum atomic E-state index is -0.906. The highest BCUT2D eigenvalue weighted by atomic mass is 16.4. The zero-order valence-corrected chi connectivity index (χ0v) is 12.1. The molecule has 2 atom stereocenters. The molecule has 3 N–H and O–H groups in total. The number of rotatable bonds is 3. The van der Waals surface area contributed by atoms with Gasteiger partial charge in [0.05, 0.1) is 11.8 Å². The standard InChI is InChI=1S/C16H18N2O4/c19-14-3-1-2-9-8-10(4-7-13(9)18-14)17-15(20)11-5-6-12(11)16(21)22/h4,7-8,11-12H,1-3,5-6H2,(H,17,20)(H,18,19)(H,21,22). The number of aliphatic carboxylic acids is 1. The lowest BCUT2D eigenvalue weighted by Gasteiger charge is -2.31. The van der Waals surface area contributed by atoms with Crippen LogP contribution in [-0.2, 0) is 20.8 Å². The van der Waals surface area contributed by atoms with E-state index in [0.29, 0.717) is 24.9 Å². The van der Waals surface area contributed by atoms with Gasteiger partial charge < -0.3 is 15.7 Å². The Morgan fingerprint density at radius 1 is 1.18 bits per heavy atom. The summed E-state index contributed by atoms with van der Waals surface area (Å²) >= 11 is 0. The predicted molar refractivity (Wildman–Crippen MR) is 80.5 cm³/mol. The molecule has 6 nitrogen and oxygen atoms in total. The van der Waals surface area contributed by atoms with E-state index in [9.17, 15) is 14.4 Å². The Hall–Kier alpha value is -2.37. The van der Waals surface area contributed by atoms with Crippen molar-refractivity contribution in [2.45, 2.75) is 32.1 Å². The van der Waals surface area contributed by atoms with E-state index in [-0.39, 0.29) is 11.8 Å². The molecule has 1 aliphatic heterocycles. The smallest absolute Gasteiger partial charge is 0.307 e. The van der Waals surface area contributed by atoms with Gasteiger partial charge in [-0.05, 0) is 49.4 Å². The minimum absolute atomic E-state index is 0.00861. The number of carbonyl (C=O) groups excluding carboxylic acids is 2. The second-order valence-electron chi connectivity index (χ2n) is 5.89. The molecule has 2 unspecified atom stereocenters. The van der Waals surface area contributed by atoms with Gasteiger partial charge in [-0.2, -0.15) is 0 Å². The summed E-state index contributed by atoms with van der Waals surface area (Å²) in [6, 6.07) is 5.37. The third kappa shape index (κ3) is 2.81. The lowest BCUT2D eigenvalue weighted by atomic mass is 9.73. The molecule has 0 saturated heterocycles. The van der Waals surface area contributed by atoms with Crippen molar-refractivity contribution in [3.63, 3.8) is 0 Å². The number of benzene rings is 1. The monoisotopic (exact) mass is 302 g/mol. The van der Waals surface area contributed by atoms with Crippen LogP contribution < -0.4 is 10.6 Å². The number of carboxylic acids is 1. The highest BCUT2D eigenvalue weighted by Gasteiger charge is 2.41. The summed E-state index contributed by atoms with van der Waals surface area (Å²) in [5.41, 5.74) is 2.43. The second-order valence-corrected chi connectivity index (χ2v) is 5.89. The Morgan fingerprint density at radius 3 is 2.64 bits per heavy atom. The van der Waals surface area contributed by atoms with Gasteiger partial charge in [-0.3, -0.25) is 14.4 Å². The number of aryl methyl sites for hydroxylation is 1. The summed E-state index contributed by atoms with van der Waals surface area (Å²) in [5, 5.41) is 14.6. The number of hydrogen-bond acceptors (Lipinski definition) is 3. The first kappa shape index (κ1) is 14.6. The lowest BCUT2D eigenvalue weighted by Crippen LogP contribution is -2.41. The summed E-state index contributed by atoms with van der Waals surface area (Å²) in [6.07, 6.45) is 3.23. The molecular formula is C16H18N2O4. The summed E-state index contributed by atoms with van der Waals surface area (Å²) in [6.45, 7) is 0. The second kappa shape index (κ2) is 5.79. The molecule has 22 heavy (non-hydrogen) atoms. The Morgan fingerprint density at radius 2 is 1.95 bits per heavy atom. The van der Waals surface area contributed by atoms with Crippen molar-refractivity contribution >= 4 is 29.2 Å². The molecule has 0 radical (unpaired) electrons. The van der Waals surface area contributed by atoms with Gasteiger partial charge in [0.1, 0.15) is 0 Å². The van der Waals surface area contributed by atoms with Gasteiger partial charge >= 0.3 is 5.97 Å². The van der Waals surface area contributed by atoms with E-state index in [2.05, 4.69) is 10.6 Å². The quantitative estimate of drug-likeness (QED) is 0.796. The largest absolute Gasteiger partial charge is 0.481 e. The molecule has 2 aliphatic rings. The Kier molecular flexibility index (Phi) is 3.83. The van der Waals surface area contributed by atoms with Crippen molar-refractivity contribution in [3.8, 4) is 0 Å². The fourth-order valence-corrected chi connectivity index (χ4v) is 3.00. The van der Waals surface area contributed by atoms with Gasteiger partial charge in [0.2, 0.25) is 11.8 Å². The van der Waals surface area contributed by atoms with E-state index < -0.39 is 17.8 Å². The number of nitrogens with one attached hydrogen (secondary N) is 2. The Labute approximate surface area is 127 Å². The van der Waals surface area contributed by atoms with Crippen LogP contribution in [0.5, 0.6) is 0 Å². The van der Waals surface area contributed by atoms with Crippen LogP contribution >= 0.6 is 0 Å². The normalized spacial score (nSPS) is 23.5. The summed E-state index contributed by atoms with van der Waals surface area (Å²) in [4.78, 5) is 34.7. The van der Waals surface area contributed by atoms with E-state index in [1.165, 1.54) is 0 Å². The van der Waals surface area contributed by atoms with Gasteiger partial charge in [0, 0.05) is 17.8 Å². The molecule has 6 heteroatoms. The topological polar surface area (TPSA) is 95.5 Å². The first-order valence-electron chi connectivity index (χ1n) is 7.51. The lowest BCUT2D eigenvalue weighted by molar-refractivity contribution is -0.151. The van der Waals surface area contributed by atoms with E-state index in [0.717, 1.165) is 24.1 Å². The maximum Gasteiger partial charge on any atom is 0.307 e. The van der Waals surface area contributed by atoms with Crippen molar-refractivity contribution in [3.05, 3.63) is 23.8 Å². The van der Waals surface area contributed by atoms with E-state index in [4.69, 9.17) is 5.11 Å². The van der Waals surface area contributed by atoms with Crippen molar-refractivity contribution in [2.75, 3.05) is 10.6 Å². The van der Waals surface area contributed by atoms with Gasteiger partial charge in [0.25, 0.3) is 0 Å². The van der Waals surface area contributed by atoms with Crippen molar-refractivity contribution in [1.82, 2.24) is 0 Å². The van der Waals surface area contributed by atoms with Crippen LogP contribution in [0.1, 0.15) is 31.2 Å². The number of carboxylic acid groups (broad SMARTS) is 1. The maximum atomic E-state index is 12.2. The molecule has 1 saturated carbocycles. The van der Waals surface area contributed by atoms with E-state index in [1.807, 2.05) is 6.07 Å². The summed E-state index contributed by atoms with van der Waals surface area (Å²) < 4.78 is 0. The van der Waals surface area contributed by atoms with Crippen LogP contribution in [0.25, 0.3) is 0 Å². The van der Waals surface area contributed by atoms with Gasteiger partial charge in [0.15, 0.2) is 0 Å². The van der Waals surface area contributed by atoms with Crippen molar-refractivity contribution in [1.29, 1.82) is 0 Å². The van der Waals surface area contributed by atoms with Crippen LogP contribution in [0.15, 0.2) is 18.2 Å². The average Bonchev–Trinajstić information content (AvgIpc) is 2.57. The maximum absolute atomic E-state index is 12.2. The number of amides is 2. The number of fused-ring (bicyclic) bond motifs is 1. The number of anilines is 2. The van der Waals surface area contributed by atoms with Gasteiger partial charge in [-0.15, -0.1) is 0 Å². The van der Waals surface area contributed by atoms with E-state index in [1.54, 1.807) is 12.1 Å². The minimum Gasteiger partial charge on any atom is -0.481 e. The van der Waals surface area contributed by atoms with Crippen LogP contribution in [-0.4, -0.2) is 22.9 Å². The third-order valence-corrected chi connectivity index (χ3v) is 4.43. The molecule has 1 aromatic carbocycles. The molecule has 1 aliphatic carbocycles. The first-order valence-corrected chi connectivity index (χ1v) is 7.51. The van der Waals surface area contributed by atoms with Gasteiger partial charge in [-0.1, -0.05) is 0 Å². The average molecular weight is 302 g/mol. The van der Waals surface area contributed by atoms with Crippen LogP contribution in [0.4, 0.5) is 11.4 Å². The Balaban J connectivity index is 1.71. The highest BCUT2D eigenvalue weighted by molar-refractivity contribution is 5.97. The fourth-order valence-electron chi connectivity index (χ4n) is 3.00. The molecule has 1 fully saturated rings. The molecule has 3 rings (SSSR count). The van der Waals surface area contributed by atoms with E-state index >= 15 is 0 Å².